The van der Waals surface area contributed by atoms with E-state index in [1.54, 1.807) is 22.2 Å². The molecule has 1 fully saturated rings. The second-order valence-electron chi connectivity index (χ2n) is 15.3. The number of hydrogen-bond donors (Lipinski definition) is 5. The lowest BCUT2D eigenvalue weighted by Gasteiger charge is -2.30. The van der Waals surface area contributed by atoms with Crippen LogP contribution in [0, 0.1) is 11.8 Å². The number of H-pyrrole nitrogens is 2. The number of carboxylic acid groups (broad SMARTS) is 1. The van der Waals surface area contributed by atoms with Crippen LogP contribution in [-0.4, -0.2) is 84.6 Å². The average Bonchev–Trinajstić information content (AvgIpc) is 4.04. The molecule has 5 aromatic rings. The van der Waals surface area contributed by atoms with E-state index in [0.29, 0.717) is 24.7 Å². The minimum absolute atomic E-state index is 0.113. The number of aromatic nitrogens is 4. The molecular formula is C43H48N8O6. The number of fused-ring (bicyclic) bond motifs is 1. The molecule has 0 bridgehead atoms. The van der Waals surface area contributed by atoms with E-state index >= 15 is 0 Å². The highest BCUT2D eigenvalue weighted by molar-refractivity contribution is 5.87. The quantitative estimate of drug-likeness (QED) is 0.0960. The molecule has 296 valence electrons. The van der Waals surface area contributed by atoms with Crippen molar-refractivity contribution in [3.05, 3.63) is 108 Å². The highest BCUT2D eigenvalue weighted by Gasteiger charge is 2.41. The van der Waals surface area contributed by atoms with Crippen molar-refractivity contribution in [1.82, 2.24) is 40.4 Å². The van der Waals surface area contributed by atoms with Gasteiger partial charge in [-0.15, -0.1) is 0 Å². The molecule has 0 spiro atoms. The number of nitrogens with one attached hydrogen (secondary N) is 4. The monoisotopic (exact) mass is 772 g/mol. The van der Waals surface area contributed by atoms with Crippen LogP contribution in [0.4, 0.5) is 9.59 Å². The number of alkyl carbamates (subject to hydrolysis) is 1. The van der Waals surface area contributed by atoms with Gasteiger partial charge < -0.3 is 40.2 Å². The van der Waals surface area contributed by atoms with Crippen LogP contribution in [0.3, 0.4) is 0 Å². The molecule has 4 atom stereocenters. The number of nitrogens with zero attached hydrogens (tertiary/aromatic N) is 4. The van der Waals surface area contributed by atoms with E-state index < -0.39 is 30.3 Å². The number of carbonyl (C=O) groups excluding carboxylic acids is 3. The number of aromatic amines is 2. The van der Waals surface area contributed by atoms with Crippen LogP contribution in [-0.2, 0) is 20.9 Å². The number of ether oxygens (including phenoxy) is 1. The van der Waals surface area contributed by atoms with Gasteiger partial charge in [0.2, 0.25) is 11.8 Å². The molecule has 57 heavy (non-hydrogen) atoms. The van der Waals surface area contributed by atoms with Crippen LogP contribution in [0.2, 0.25) is 0 Å². The van der Waals surface area contributed by atoms with Crippen molar-refractivity contribution in [2.45, 2.75) is 71.2 Å². The van der Waals surface area contributed by atoms with Gasteiger partial charge in [0.25, 0.3) is 0 Å². The Morgan fingerprint density at radius 3 is 1.84 bits per heavy atom. The zero-order chi connectivity index (χ0) is 40.4. The average molecular weight is 773 g/mol. The minimum Gasteiger partial charge on any atom is -0.465 e. The Hall–Kier alpha value is -6.44. The molecule has 2 aliphatic rings. The molecule has 4 unspecified atom stereocenters. The molecule has 4 amide bonds. The first-order valence-electron chi connectivity index (χ1n) is 19.3. The molecule has 14 heteroatoms. The van der Waals surface area contributed by atoms with Crippen LogP contribution in [0.1, 0.15) is 75.4 Å². The third-order valence-corrected chi connectivity index (χ3v) is 10.9. The smallest absolute Gasteiger partial charge is 0.407 e. The van der Waals surface area contributed by atoms with E-state index in [4.69, 9.17) is 9.72 Å². The van der Waals surface area contributed by atoms with Crippen molar-refractivity contribution in [3.63, 3.8) is 0 Å². The zero-order valence-electron chi connectivity index (χ0n) is 32.7. The van der Waals surface area contributed by atoms with E-state index in [-0.39, 0.29) is 29.7 Å². The molecular weight excluding hydrogens is 725 g/mol. The van der Waals surface area contributed by atoms with Crippen molar-refractivity contribution in [2.24, 2.45) is 11.8 Å². The van der Waals surface area contributed by atoms with Gasteiger partial charge in [-0.1, -0.05) is 100 Å². The molecule has 1 saturated heterocycles. The molecule has 0 saturated carbocycles. The summed E-state index contributed by atoms with van der Waals surface area (Å²) >= 11 is 0. The molecule has 0 radical (unpaired) electrons. The van der Waals surface area contributed by atoms with Gasteiger partial charge in [-0.2, -0.15) is 0 Å². The van der Waals surface area contributed by atoms with Gasteiger partial charge in [0.1, 0.15) is 29.8 Å². The number of likely N-dealkylation sites (tertiary alicyclic amines) is 1. The first-order chi connectivity index (χ1) is 27.4. The Balaban J connectivity index is 1.05. The normalized spacial score (nSPS) is 17.4. The lowest BCUT2D eigenvalue weighted by Crippen LogP contribution is -2.51. The second kappa shape index (κ2) is 16.3. The maximum Gasteiger partial charge on any atom is 0.407 e. The molecule has 3 aromatic carbocycles. The van der Waals surface area contributed by atoms with Gasteiger partial charge in [-0.05, 0) is 58.1 Å². The Kier molecular flexibility index (Phi) is 11.1. The maximum absolute atomic E-state index is 13.8. The third-order valence-electron chi connectivity index (χ3n) is 10.9. The summed E-state index contributed by atoms with van der Waals surface area (Å²) in [7, 11) is 1.28. The Bertz CT molecular complexity index is 2250. The van der Waals surface area contributed by atoms with Gasteiger partial charge in [-0.3, -0.25) is 9.59 Å². The zero-order valence-corrected chi connectivity index (χ0v) is 32.7. The number of hydrogen-bond acceptors (Lipinski definition) is 7. The number of rotatable bonds is 11. The summed E-state index contributed by atoms with van der Waals surface area (Å²) in [4.78, 5) is 70.6. The first-order valence-corrected chi connectivity index (χ1v) is 19.3. The predicted molar refractivity (Wildman–Crippen MR) is 214 cm³/mol. The number of amides is 4. The van der Waals surface area contributed by atoms with Gasteiger partial charge >= 0.3 is 12.2 Å². The summed E-state index contributed by atoms with van der Waals surface area (Å²) < 4.78 is 4.75. The standard InChI is InChI=1S/C43H48N8O6/c1-24(2)35(48-42(54)55)41(53)51-23-30-9-6-7-10-31(30)37(51)39-45-22-33(47-39)29-18-14-27(15-19-29)26-12-16-28(17-13-26)32-21-44-38(46-32)34-11-8-20-50(34)40(52)36(25(3)4)49-43(56)57-5/h6-7,9-10,12-19,21-22,24-25,34-37,48H,8,11,20,23H2,1-5H3,(H,44,46)(H,45,47)(H,49,56)(H,54,55). The fourth-order valence-corrected chi connectivity index (χ4v) is 7.87. The lowest BCUT2D eigenvalue weighted by molar-refractivity contribution is -0.136. The van der Waals surface area contributed by atoms with Gasteiger partial charge in [0, 0.05) is 13.1 Å². The number of imidazole rings is 2. The Labute approximate surface area is 331 Å². The Morgan fingerprint density at radius 1 is 0.737 bits per heavy atom. The first kappa shape index (κ1) is 38.8. The highest BCUT2D eigenvalue weighted by Crippen LogP contribution is 2.39. The van der Waals surface area contributed by atoms with E-state index in [0.717, 1.165) is 57.6 Å². The van der Waals surface area contributed by atoms with E-state index in [9.17, 15) is 24.3 Å². The summed E-state index contributed by atoms with van der Waals surface area (Å²) in [5.74, 6) is 0.513. The number of benzene rings is 3. The van der Waals surface area contributed by atoms with Gasteiger partial charge in [0.05, 0.1) is 36.9 Å². The van der Waals surface area contributed by atoms with Gasteiger partial charge in [-0.25, -0.2) is 19.6 Å². The fourth-order valence-electron chi connectivity index (χ4n) is 7.87. The van der Waals surface area contributed by atoms with E-state index in [1.807, 2.05) is 76.2 Å². The molecule has 0 aliphatic carbocycles. The molecule has 2 aliphatic heterocycles. The Morgan fingerprint density at radius 2 is 1.26 bits per heavy atom. The summed E-state index contributed by atoms with van der Waals surface area (Å²) in [6, 6.07) is 21.9. The number of methoxy groups -OCH3 is 1. The molecule has 7 rings (SSSR count). The SMILES string of the molecule is COC(=O)NC(C(=O)N1CCCC1c1ncc(-c2ccc(-c3ccc(-c4cnc(C5c6ccccc6CN5C(=O)C(NC(=O)O)C(C)C)[nH]4)cc3)cc2)[nH]1)C(C)C. The van der Waals surface area contributed by atoms with Crippen molar-refractivity contribution >= 4 is 24.0 Å². The van der Waals surface area contributed by atoms with Crippen LogP contribution < -0.4 is 10.6 Å². The third kappa shape index (κ3) is 7.98. The molecule has 14 nitrogen and oxygen atoms in total. The molecule has 2 aromatic heterocycles. The largest absolute Gasteiger partial charge is 0.465 e. The van der Waals surface area contributed by atoms with Crippen LogP contribution in [0.15, 0.2) is 85.2 Å². The second-order valence-corrected chi connectivity index (χ2v) is 15.3. The summed E-state index contributed by atoms with van der Waals surface area (Å²) in [6.45, 7) is 8.37. The topological polar surface area (TPSA) is 186 Å². The number of carbonyl (C=O) groups is 4. The van der Waals surface area contributed by atoms with Crippen molar-refractivity contribution < 1.29 is 29.0 Å². The lowest BCUT2D eigenvalue weighted by atomic mass is 10.0. The fraction of sp³-hybridized carbons (Fsp3) is 0.349. The minimum atomic E-state index is -1.24. The van der Waals surface area contributed by atoms with Crippen molar-refractivity contribution in [2.75, 3.05) is 13.7 Å². The van der Waals surface area contributed by atoms with E-state index in [2.05, 4.69) is 49.9 Å². The van der Waals surface area contributed by atoms with Crippen molar-refractivity contribution in [3.8, 4) is 33.6 Å². The van der Waals surface area contributed by atoms with Crippen LogP contribution in [0.25, 0.3) is 33.6 Å². The van der Waals surface area contributed by atoms with Gasteiger partial charge in [0.15, 0.2) is 0 Å². The summed E-state index contributed by atoms with van der Waals surface area (Å²) in [5.41, 5.74) is 7.54. The van der Waals surface area contributed by atoms with Crippen LogP contribution in [0.5, 0.6) is 0 Å². The van der Waals surface area contributed by atoms with E-state index in [1.165, 1.54) is 7.11 Å². The molecule has 5 N–H and O–H groups in total. The molecule has 4 heterocycles. The summed E-state index contributed by atoms with van der Waals surface area (Å²) in [5, 5.41) is 14.5. The van der Waals surface area contributed by atoms with Crippen LogP contribution >= 0.6 is 0 Å². The maximum atomic E-state index is 13.8. The van der Waals surface area contributed by atoms with Crippen molar-refractivity contribution in [1.29, 1.82) is 0 Å². The highest BCUT2D eigenvalue weighted by atomic mass is 16.5. The summed E-state index contributed by atoms with van der Waals surface area (Å²) in [6.07, 6.45) is 3.30. The predicted octanol–water partition coefficient (Wildman–Crippen LogP) is 6.90.